The van der Waals surface area contributed by atoms with Gasteiger partial charge in [0.2, 0.25) is 6.29 Å². The largest absolute Gasteiger partial charge is 0.428 e. The number of carbonyl (C=O) groups excluding carboxylic acids is 1. The minimum Gasteiger partial charge on any atom is -0.428 e. The second kappa shape index (κ2) is 4.19. The van der Waals surface area contributed by atoms with Gasteiger partial charge in [-0.15, -0.1) is 0 Å². The monoisotopic (exact) mass is 223 g/mol. The Morgan fingerprint density at radius 3 is 2.94 bits per heavy atom. The molecule has 1 saturated heterocycles. The van der Waals surface area contributed by atoms with E-state index in [1.807, 2.05) is 0 Å². The molecule has 1 aliphatic heterocycles. The first kappa shape index (κ1) is 11.0. The molecule has 0 saturated carbocycles. The maximum atomic E-state index is 11.6. The number of aromatic nitrogens is 1. The number of hydrogen-bond acceptors (Lipinski definition) is 5. The molecule has 0 bridgehead atoms. The van der Waals surface area contributed by atoms with Crippen molar-refractivity contribution < 1.29 is 19.0 Å². The molecule has 5 heteroatoms. The Labute approximate surface area is 93.3 Å². The normalized spacial score (nSPS) is 23.0. The zero-order valence-corrected chi connectivity index (χ0v) is 9.17. The minimum absolute atomic E-state index is 0.242. The highest BCUT2D eigenvalue weighted by atomic mass is 16.8. The van der Waals surface area contributed by atoms with Gasteiger partial charge < -0.3 is 14.2 Å². The zero-order chi connectivity index (χ0) is 11.6. The predicted octanol–water partition coefficient (Wildman–Crippen LogP) is 1.35. The quantitative estimate of drug-likeness (QED) is 0.708. The summed E-state index contributed by atoms with van der Waals surface area (Å²) < 4.78 is 15.7. The van der Waals surface area contributed by atoms with Crippen LogP contribution in [0.25, 0.3) is 0 Å². The lowest BCUT2D eigenvalue weighted by Gasteiger charge is -2.16. The summed E-state index contributed by atoms with van der Waals surface area (Å²) in [5.74, 6) is -1.21. The van der Waals surface area contributed by atoms with Crippen LogP contribution in [-0.4, -0.2) is 29.6 Å². The number of nitrogens with zero attached hydrogens (tertiary/aromatic N) is 1. The van der Waals surface area contributed by atoms with Gasteiger partial charge in [-0.05, 0) is 26.0 Å². The van der Waals surface area contributed by atoms with Crippen molar-refractivity contribution in [3.63, 3.8) is 0 Å². The highest BCUT2D eigenvalue weighted by molar-refractivity contribution is 5.87. The van der Waals surface area contributed by atoms with Crippen molar-refractivity contribution in [1.29, 1.82) is 0 Å². The van der Waals surface area contributed by atoms with Gasteiger partial charge in [0, 0.05) is 6.20 Å². The molecule has 1 atom stereocenters. The fraction of sp³-hybridized carbons (Fsp3) is 0.455. The van der Waals surface area contributed by atoms with E-state index < -0.39 is 18.0 Å². The molecule has 86 valence electrons. The summed E-state index contributed by atoms with van der Waals surface area (Å²) in [6, 6.07) is 5.04. The van der Waals surface area contributed by atoms with Gasteiger partial charge in [0.15, 0.2) is 5.79 Å². The third-order valence-electron chi connectivity index (χ3n) is 2.09. The fourth-order valence-corrected chi connectivity index (χ4v) is 1.37. The Hall–Kier alpha value is -1.46. The molecule has 0 N–H and O–H groups in total. The van der Waals surface area contributed by atoms with Crippen LogP contribution in [-0.2, 0) is 14.2 Å². The van der Waals surface area contributed by atoms with Crippen molar-refractivity contribution in [2.75, 3.05) is 6.61 Å². The molecule has 2 rings (SSSR count). The van der Waals surface area contributed by atoms with Crippen molar-refractivity contribution in [3.05, 3.63) is 30.1 Å². The molecule has 1 fully saturated rings. The van der Waals surface area contributed by atoms with Crippen molar-refractivity contribution >= 4 is 5.97 Å². The Balaban J connectivity index is 1.94. The predicted molar refractivity (Wildman–Crippen MR) is 54.6 cm³/mol. The molecule has 1 unspecified atom stereocenters. The first-order valence-electron chi connectivity index (χ1n) is 5.01. The van der Waals surface area contributed by atoms with E-state index in [1.54, 1.807) is 32.0 Å². The van der Waals surface area contributed by atoms with Crippen molar-refractivity contribution in [3.8, 4) is 0 Å². The van der Waals surface area contributed by atoms with Gasteiger partial charge in [-0.25, -0.2) is 9.78 Å². The second-order valence-electron chi connectivity index (χ2n) is 3.88. The molecule has 16 heavy (non-hydrogen) atoms. The standard InChI is InChI=1S/C11H13NO4/c1-11(2)14-7-9(16-11)15-10(13)8-5-3-4-6-12-8/h3-6,9H,7H2,1-2H3. The van der Waals surface area contributed by atoms with Gasteiger partial charge >= 0.3 is 5.97 Å². The van der Waals surface area contributed by atoms with Crippen LogP contribution in [0.3, 0.4) is 0 Å². The van der Waals surface area contributed by atoms with E-state index in [4.69, 9.17) is 14.2 Å². The van der Waals surface area contributed by atoms with Crippen LogP contribution in [0.1, 0.15) is 24.3 Å². The van der Waals surface area contributed by atoms with E-state index >= 15 is 0 Å². The van der Waals surface area contributed by atoms with Crippen LogP contribution in [0, 0.1) is 0 Å². The molecule has 2 heterocycles. The molecule has 0 aliphatic carbocycles. The van der Waals surface area contributed by atoms with E-state index in [9.17, 15) is 4.79 Å². The van der Waals surface area contributed by atoms with Crippen LogP contribution in [0.2, 0.25) is 0 Å². The summed E-state index contributed by atoms with van der Waals surface area (Å²) in [6.45, 7) is 3.77. The maximum absolute atomic E-state index is 11.6. The molecule has 1 aromatic heterocycles. The van der Waals surface area contributed by atoms with Gasteiger partial charge in [-0.1, -0.05) is 6.07 Å². The SMILES string of the molecule is CC1(C)OCC(OC(=O)c2ccccn2)O1. The summed E-state index contributed by atoms with van der Waals surface area (Å²) >= 11 is 0. The molecule has 1 aliphatic rings. The summed E-state index contributed by atoms with van der Waals surface area (Å²) in [5.41, 5.74) is 0.260. The maximum Gasteiger partial charge on any atom is 0.359 e. The molecule has 5 nitrogen and oxygen atoms in total. The number of esters is 1. The average Bonchev–Trinajstić information content (AvgIpc) is 2.59. The van der Waals surface area contributed by atoms with E-state index in [1.165, 1.54) is 6.20 Å². The Kier molecular flexibility index (Phi) is 2.89. The summed E-state index contributed by atoms with van der Waals surface area (Å²) in [5, 5.41) is 0. The van der Waals surface area contributed by atoms with Crippen LogP contribution >= 0.6 is 0 Å². The zero-order valence-electron chi connectivity index (χ0n) is 9.17. The van der Waals surface area contributed by atoms with Crippen LogP contribution in [0.15, 0.2) is 24.4 Å². The number of hydrogen-bond donors (Lipinski definition) is 0. The van der Waals surface area contributed by atoms with Gasteiger partial charge in [-0.3, -0.25) is 0 Å². The molecule has 1 aromatic rings. The first-order chi connectivity index (χ1) is 7.57. The van der Waals surface area contributed by atoms with Gasteiger partial charge in [0.1, 0.15) is 12.3 Å². The number of ether oxygens (including phenoxy) is 3. The molecule has 0 spiro atoms. The lowest BCUT2D eigenvalue weighted by molar-refractivity contribution is -0.175. The Bertz CT molecular complexity index is 377. The number of carbonyl (C=O) groups is 1. The lowest BCUT2D eigenvalue weighted by atomic mass is 10.3. The fourth-order valence-electron chi connectivity index (χ4n) is 1.37. The minimum atomic E-state index is -0.699. The molecular formula is C11H13NO4. The molecule has 0 amide bonds. The van der Waals surface area contributed by atoms with E-state index in [-0.39, 0.29) is 12.3 Å². The van der Waals surface area contributed by atoms with Gasteiger partial charge in [0.05, 0.1) is 0 Å². The highest BCUT2D eigenvalue weighted by Gasteiger charge is 2.35. The van der Waals surface area contributed by atoms with Crippen LogP contribution < -0.4 is 0 Å². The average molecular weight is 223 g/mol. The molecule has 0 radical (unpaired) electrons. The van der Waals surface area contributed by atoms with Crippen LogP contribution in [0.5, 0.6) is 0 Å². The third-order valence-corrected chi connectivity index (χ3v) is 2.09. The summed E-state index contributed by atoms with van der Waals surface area (Å²) in [4.78, 5) is 15.5. The first-order valence-corrected chi connectivity index (χ1v) is 5.01. The summed E-state index contributed by atoms with van der Waals surface area (Å²) in [6.07, 6.45) is 0.872. The Morgan fingerprint density at radius 2 is 2.38 bits per heavy atom. The van der Waals surface area contributed by atoms with Crippen LogP contribution in [0.4, 0.5) is 0 Å². The molecule has 0 aromatic carbocycles. The lowest BCUT2D eigenvalue weighted by Crippen LogP contribution is -2.25. The van der Waals surface area contributed by atoms with Crippen molar-refractivity contribution in [2.24, 2.45) is 0 Å². The van der Waals surface area contributed by atoms with E-state index in [0.29, 0.717) is 0 Å². The van der Waals surface area contributed by atoms with E-state index in [2.05, 4.69) is 4.98 Å². The topological polar surface area (TPSA) is 57.7 Å². The summed E-state index contributed by atoms with van der Waals surface area (Å²) in [7, 11) is 0. The Morgan fingerprint density at radius 1 is 1.56 bits per heavy atom. The second-order valence-corrected chi connectivity index (χ2v) is 3.88. The third kappa shape index (κ3) is 2.56. The van der Waals surface area contributed by atoms with Gasteiger partial charge in [0.25, 0.3) is 0 Å². The van der Waals surface area contributed by atoms with Gasteiger partial charge in [-0.2, -0.15) is 0 Å². The van der Waals surface area contributed by atoms with Crippen molar-refractivity contribution in [1.82, 2.24) is 4.98 Å². The number of pyridine rings is 1. The molecular weight excluding hydrogens is 210 g/mol. The number of rotatable bonds is 2. The highest BCUT2D eigenvalue weighted by Crippen LogP contribution is 2.23. The van der Waals surface area contributed by atoms with E-state index in [0.717, 1.165) is 0 Å². The van der Waals surface area contributed by atoms with Crippen molar-refractivity contribution in [2.45, 2.75) is 25.9 Å². The smallest absolute Gasteiger partial charge is 0.359 e.